The standard InChI is InChI=1S/C19H22O/c1-14-9-15(2)11-16(10-14)12-19(20)8-7-17-5-3-4-6-18(17)13-19/h3-6,9-11,20H,7-8,12-13H2,1-2H3. The third kappa shape index (κ3) is 2.78. The summed E-state index contributed by atoms with van der Waals surface area (Å²) in [6.45, 7) is 4.24. The van der Waals surface area contributed by atoms with E-state index in [9.17, 15) is 5.11 Å². The van der Waals surface area contributed by atoms with Gasteiger partial charge in [-0.1, -0.05) is 53.6 Å². The zero-order valence-electron chi connectivity index (χ0n) is 12.3. The zero-order valence-corrected chi connectivity index (χ0v) is 12.3. The molecule has 0 saturated carbocycles. The first kappa shape index (κ1) is 13.4. The molecule has 0 aliphatic heterocycles. The van der Waals surface area contributed by atoms with Crippen molar-refractivity contribution >= 4 is 0 Å². The maximum absolute atomic E-state index is 11.0. The van der Waals surface area contributed by atoms with Crippen molar-refractivity contribution in [3.8, 4) is 0 Å². The van der Waals surface area contributed by atoms with Gasteiger partial charge in [-0.3, -0.25) is 0 Å². The number of hydrogen-bond donors (Lipinski definition) is 1. The fourth-order valence-corrected chi connectivity index (χ4v) is 3.49. The highest BCUT2D eigenvalue weighted by molar-refractivity contribution is 5.34. The number of fused-ring (bicyclic) bond motifs is 1. The lowest BCUT2D eigenvalue weighted by molar-refractivity contribution is 0.0267. The lowest BCUT2D eigenvalue weighted by Crippen LogP contribution is -2.38. The Morgan fingerprint density at radius 1 is 1.00 bits per heavy atom. The maximum Gasteiger partial charge on any atom is 0.0731 e. The van der Waals surface area contributed by atoms with E-state index in [0.29, 0.717) is 0 Å². The third-order valence-corrected chi connectivity index (χ3v) is 4.31. The van der Waals surface area contributed by atoms with Crippen LogP contribution in [-0.4, -0.2) is 10.7 Å². The van der Waals surface area contributed by atoms with Crippen molar-refractivity contribution in [3.05, 3.63) is 70.3 Å². The molecule has 0 fully saturated rings. The van der Waals surface area contributed by atoms with Gasteiger partial charge in [-0.25, -0.2) is 0 Å². The summed E-state index contributed by atoms with van der Waals surface area (Å²) in [5.74, 6) is 0. The van der Waals surface area contributed by atoms with E-state index in [4.69, 9.17) is 0 Å². The summed E-state index contributed by atoms with van der Waals surface area (Å²) >= 11 is 0. The van der Waals surface area contributed by atoms with Crippen LogP contribution in [0.15, 0.2) is 42.5 Å². The first-order chi connectivity index (χ1) is 9.54. The van der Waals surface area contributed by atoms with Gasteiger partial charge >= 0.3 is 0 Å². The minimum atomic E-state index is -0.589. The minimum Gasteiger partial charge on any atom is -0.389 e. The number of rotatable bonds is 2. The normalized spacial score (nSPS) is 21.6. The van der Waals surface area contributed by atoms with Crippen molar-refractivity contribution in [1.29, 1.82) is 0 Å². The smallest absolute Gasteiger partial charge is 0.0731 e. The molecule has 1 aliphatic carbocycles. The molecule has 1 atom stereocenters. The van der Waals surface area contributed by atoms with Crippen LogP contribution >= 0.6 is 0 Å². The molecule has 0 saturated heterocycles. The van der Waals surface area contributed by atoms with Crippen LogP contribution < -0.4 is 0 Å². The van der Waals surface area contributed by atoms with Crippen molar-refractivity contribution in [1.82, 2.24) is 0 Å². The molecule has 0 aromatic heterocycles. The first-order valence-corrected chi connectivity index (χ1v) is 7.40. The molecular formula is C19H22O. The highest BCUT2D eigenvalue weighted by Crippen LogP contribution is 2.31. The van der Waals surface area contributed by atoms with Crippen LogP contribution in [0.2, 0.25) is 0 Å². The average molecular weight is 266 g/mol. The summed E-state index contributed by atoms with van der Waals surface area (Å²) < 4.78 is 0. The molecular weight excluding hydrogens is 244 g/mol. The van der Waals surface area contributed by atoms with Gasteiger partial charge in [0.15, 0.2) is 0 Å². The summed E-state index contributed by atoms with van der Waals surface area (Å²) in [6, 6.07) is 15.1. The van der Waals surface area contributed by atoms with E-state index in [1.54, 1.807) is 0 Å². The van der Waals surface area contributed by atoms with Gasteiger partial charge in [0, 0.05) is 12.8 Å². The van der Waals surface area contributed by atoms with Crippen LogP contribution in [0.25, 0.3) is 0 Å². The van der Waals surface area contributed by atoms with Crippen molar-refractivity contribution in [3.63, 3.8) is 0 Å². The Balaban J connectivity index is 1.84. The second-order valence-electron chi connectivity index (χ2n) is 6.34. The Hall–Kier alpha value is -1.60. The van der Waals surface area contributed by atoms with Crippen molar-refractivity contribution in [2.24, 2.45) is 0 Å². The molecule has 1 unspecified atom stereocenters. The van der Waals surface area contributed by atoms with Gasteiger partial charge in [-0.2, -0.15) is 0 Å². The molecule has 20 heavy (non-hydrogen) atoms. The lowest BCUT2D eigenvalue weighted by atomic mass is 9.77. The summed E-state index contributed by atoms with van der Waals surface area (Å²) in [5, 5.41) is 11.0. The zero-order chi connectivity index (χ0) is 14.2. The summed E-state index contributed by atoms with van der Waals surface area (Å²) in [4.78, 5) is 0. The van der Waals surface area contributed by atoms with Crippen LogP contribution in [0, 0.1) is 13.8 Å². The van der Waals surface area contributed by atoms with E-state index in [2.05, 4.69) is 56.3 Å². The van der Waals surface area contributed by atoms with Crippen LogP contribution in [0.4, 0.5) is 0 Å². The molecule has 2 aromatic rings. The Morgan fingerprint density at radius 3 is 2.35 bits per heavy atom. The van der Waals surface area contributed by atoms with Crippen LogP contribution in [0.3, 0.4) is 0 Å². The topological polar surface area (TPSA) is 20.2 Å². The molecule has 1 N–H and O–H groups in total. The number of hydrogen-bond acceptors (Lipinski definition) is 1. The van der Waals surface area contributed by atoms with E-state index in [1.165, 1.54) is 27.8 Å². The predicted octanol–water partition coefficient (Wildman–Crippen LogP) is 3.77. The molecule has 104 valence electrons. The minimum absolute atomic E-state index is 0.589. The second kappa shape index (κ2) is 5.06. The van der Waals surface area contributed by atoms with Gasteiger partial charge in [0.2, 0.25) is 0 Å². The summed E-state index contributed by atoms with van der Waals surface area (Å²) in [5.41, 5.74) is 5.93. The van der Waals surface area contributed by atoms with Gasteiger partial charge in [-0.05, 0) is 43.4 Å². The number of benzene rings is 2. The molecule has 1 nitrogen and oxygen atoms in total. The van der Waals surface area contributed by atoms with Gasteiger partial charge < -0.3 is 5.11 Å². The molecule has 0 spiro atoms. The second-order valence-corrected chi connectivity index (χ2v) is 6.34. The highest BCUT2D eigenvalue weighted by Gasteiger charge is 2.32. The quantitative estimate of drug-likeness (QED) is 0.877. The highest BCUT2D eigenvalue weighted by atomic mass is 16.3. The molecule has 1 aliphatic rings. The number of aliphatic hydroxyl groups is 1. The lowest BCUT2D eigenvalue weighted by Gasteiger charge is -2.34. The Bertz CT molecular complexity index is 609. The molecule has 0 radical (unpaired) electrons. The van der Waals surface area contributed by atoms with Crippen LogP contribution in [0.1, 0.15) is 34.2 Å². The molecule has 3 rings (SSSR count). The monoisotopic (exact) mass is 266 g/mol. The van der Waals surface area contributed by atoms with Gasteiger partial charge in [0.1, 0.15) is 0 Å². The van der Waals surface area contributed by atoms with Gasteiger partial charge in [0.25, 0.3) is 0 Å². The molecule has 2 aromatic carbocycles. The van der Waals surface area contributed by atoms with Crippen LogP contribution in [-0.2, 0) is 19.3 Å². The first-order valence-electron chi connectivity index (χ1n) is 7.40. The summed E-state index contributed by atoms with van der Waals surface area (Å²) in [6.07, 6.45) is 3.37. The third-order valence-electron chi connectivity index (χ3n) is 4.31. The predicted molar refractivity (Wildman–Crippen MR) is 83.0 cm³/mol. The molecule has 0 amide bonds. The largest absolute Gasteiger partial charge is 0.389 e. The maximum atomic E-state index is 11.0. The van der Waals surface area contributed by atoms with Crippen LogP contribution in [0.5, 0.6) is 0 Å². The van der Waals surface area contributed by atoms with Gasteiger partial charge in [-0.15, -0.1) is 0 Å². The molecule has 0 heterocycles. The fourth-order valence-electron chi connectivity index (χ4n) is 3.49. The van der Waals surface area contributed by atoms with Crippen molar-refractivity contribution in [2.75, 3.05) is 0 Å². The molecule has 1 heteroatoms. The van der Waals surface area contributed by atoms with Crippen molar-refractivity contribution < 1.29 is 5.11 Å². The van der Waals surface area contributed by atoms with E-state index in [-0.39, 0.29) is 0 Å². The Kier molecular flexibility index (Phi) is 3.39. The van der Waals surface area contributed by atoms with Gasteiger partial charge in [0.05, 0.1) is 5.60 Å². The Morgan fingerprint density at radius 2 is 1.65 bits per heavy atom. The van der Waals surface area contributed by atoms with E-state index in [1.807, 2.05) is 0 Å². The van der Waals surface area contributed by atoms with E-state index in [0.717, 1.165) is 25.7 Å². The Labute approximate surface area is 121 Å². The fraction of sp³-hybridized carbons (Fsp3) is 0.368. The number of aryl methyl sites for hydroxylation is 3. The van der Waals surface area contributed by atoms with E-state index < -0.39 is 5.60 Å². The summed E-state index contributed by atoms with van der Waals surface area (Å²) in [7, 11) is 0. The average Bonchev–Trinajstić information content (AvgIpc) is 2.36. The van der Waals surface area contributed by atoms with Crippen molar-refractivity contribution in [2.45, 2.75) is 45.1 Å². The van der Waals surface area contributed by atoms with E-state index >= 15 is 0 Å². The molecule has 0 bridgehead atoms. The SMILES string of the molecule is Cc1cc(C)cc(CC2(O)CCc3ccccc3C2)c1.